The predicted molar refractivity (Wildman–Crippen MR) is 76.6 cm³/mol. The Bertz CT molecular complexity index is 333. The maximum atomic E-state index is 3.63. The quantitative estimate of drug-likeness (QED) is 0.770. The summed E-state index contributed by atoms with van der Waals surface area (Å²) < 4.78 is 0. The maximum Gasteiger partial charge on any atom is 0.0207 e. The largest absolute Gasteiger partial charge is 0.311 e. The zero-order valence-electron chi connectivity index (χ0n) is 12.8. The smallest absolute Gasteiger partial charge is 0.0207 e. The minimum atomic E-state index is 0.512. The van der Waals surface area contributed by atoms with Crippen molar-refractivity contribution < 1.29 is 0 Å². The third-order valence-electron chi connectivity index (χ3n) is 6.34. The summed E-state index contributed by atoms with van der Waals surface area (Å²) in [4.78, 5) is 2.85. The van der Waals surface area contributed by atoms with Crippen LogP contribution in [0, 0.1) is 16.7 Å². The highest BCUT2D eigenvalue weighted by Gasteiger charge is 2.61. The fourth-order valence-electron chi connectivity index (χ4n) is 5.51. The monoisotopic (exact) mass is 250 g/mol. The van der Waals surface area contributed by atoms with Gasteiger partial charge in [-0.05, 0) is 49.9 Å². The highest BCUT2D eigenvalue weighted by atomic mass is 15.3. The first-order valence-electron chi connectivity index (χ1n) is 7.84. The van der Waals surface area contributed by atoms with Gasteiger partial charge < -0.3 is 5.32 Å². The molecule has 0 aromatic rings. The second-order valence-electron chi connectivity index (χ2n) is 8.17. The Morgan fingerprint density at radius 3 is 2.50 bits per heavy atom. The van der Waals surface area contributed by atoms with Gasteiger partial charge >= 0.3 is 0 Å². The van der Waals surface area contributed by atoms with Crippen LogP contribution >= 0.6 is 0 Å². The van der Waals surface area contributed by atoms with Gasteiger partial charge in [0.15, 0.2) is 0 Å². The molecule has 1 heterocycles. The van der Waals surface area contributed by atoms with Gasteiger partial charge in [-0.15, -0.1) is 0 Å². The third kappa shape index (κ3) is 1.68. The van der Waals surface area contributed by atoms with Crippen molar-refractivity contribution >= 4 is 0 Å². The van der Waals surface area contributed by atoms with E-state index in [0.29, 0.717) is 22.9 Å². The molecule has 3 aliphatic rings. The molecular formula is C16H30N2. The van der Waals surface area contributed by atoms with E-state index in [0.717, 1.165) is 18.5 Å². The van der Waals surface area contributed by atoms with Gasteiger partial charge in [0.05, 0.1) is 0 Å². The van der Waals surface area contributed by atoms with Crippen molar-refractivity contribution in [2.45, 2.75) is 72.0 Å². The minimum absolute atomic E-state index is 0.512. The molecule has 18 heavy (non-hydrogen) atoms. The molecule has 1 N–H and O–H groups in total. The number of hydrogen-bond donors (Lipinski definition) is 1. The normalized spacial score (nSPS) is 51.8. The van der Waals surface area contributed by atoms with Crippen molar-refractivity contribution in [2.75, 3.05) is 13.1 Å². The number of piperazine rings is 1. The van der Waals surface area contributed by atoms with Crippen molar-refractivity contribution in [1.82, 2.24) is 10.2 Å². The Hall–Kier alpha value is -0.0800. The van der Waals surface area contributed by atoms with E-state index < -0.39 is 0 Å². The molecular weight excluding hydrogens is 220 g/mol. The third-order valence-corrected chi connectivity index (χ3v) is 6.34. The van der Waals surface area contributed by atoms with E-state index in [2.05, 4.69) is 44.8 Å². The lowest BCUT2D eigenvalue weighted by Crippen LogP contribution is -2.63. The molecule has 2 aliphatic carbocycles. The number of fused-ring (bicyclic) bond motifs is 2. The molecule has 3 rings (SSSR count). The van der Waals surface area contributed by atoms with Crippen molar-refractivity contribution in [3.05, 3.63) is 0 Å². The van der Waals surface area contributed by atoms with Gasteiger partial charge in [-0.3, -0.25) is 4.90 Å². The van der Waals surface area contributed by atoms with Gasteiger partial charge in [0.2, 0.25) is 0 Å². The molecule has 0 aromatic heterocycles. The first kappa shape index (κ1) is 12.9. The van der Waals surface area contributed by atoms with Crippen molar-refractivity contribution in [3.63, 3.8) is 0 Å². The molecule has 2 bridgehead atoms. The lowest BCUT2D eigenvalue weighted by Gasteiger charge is -2.53. The molecule has 1 aliphatic heterocycles. The highest BCUT2D eigenvalue weighted by Crippen LogP contribution is 2.64. The zero-order valence-corrected chi connectivity index (χ0v) is 12.8. The fraction of sp³-hybridized carbons (Fsp3) is 1.00. The van der Waals surface area contributed by atoms with Crippen LogP contribution < -0.4 is 5.32 Å². The molecule has 2 heteroatoms. The topological polar surface area (TPSA) is 15.3 Å². The summed E-state index contributed by atoms with van der Waals surface area (Å²) >= 11 is 0. The molecule has 1 saturated heterocycles. The summed E-state index contributed by atoms with van der Waals surface area (Å²) in [6, 6.07) is 2.14. The highest BCUT2D eigenvalue weighted by molar-refractivity contribution is 5.14. The lowest BCUT2D eigenvalue weighted by atomic mass is 9.67. The Morgan fingerprint density at radius 2 is 1.89 bits per heavy atom. The molecule has 5 atom stereocenters. The van der Waals surface area contributed by atoms with E-state index in [9.17, 15) is 0 Å². The molecule has 104 valence electrons. The second kappa shape index (κ2) is 3.96. The van der Waals surface area contributed by atoms with Crippen LogP contribution in [0.15, 0.2) is 0 Å². The minimum Gasteiger partial charge on any atom is -0.311 e. The van der Waals surface area contributed by atoms with Gasteiger partial charge in [0.1, 0.15) is 0 Å². The van der Waals surface area contributed by atoms with E-state index >= 15 is 0 Å². The molecule has 0 aromatic carbocycles. The molecule has 2 nitrogen and oxygen atoms in total. The molecule has 5 unspecified atom stereocenters. The van der Waals surface area contributed by atoms with Gasteiger partial charge in [-0.2, -0.15) is 0 Å². The van der Waals surface area contributed by atoms with Crippen LogP contribution in [0.2, 0.25) is 0 Å². The van der Waals surface area contributed by atoms with Gasteiger partial charge in [0, 0.05) is 31.2 Å². The molecule has 0 spiro atoms. The van der Waals surface area contributed by atoms with Crippen molar-refractivity contribution in [3.8, 4) is 0 Å². The Balaban J connectivity index is 1.90. The molecule has 0 radical (unpaired) electrons. The molecule has 0 amide bonds. The number of rotatable bonds is 1. The summed E-state index contributed by atoms with van der Waals surface area (Å²) in [7, 11) is 0. The van der Waals surface area contributed by atoms with E-state index in [1.54, 1.807) is 0 Å². The van der Waals surface area contributed by atoms with Crippen LogP contribution in [-0.4, -0.2) is 36.1 Å². The zero-order chi connectivity index (χ0) is 13.1. The first-order valence-corrected chi connectivity index (χ1v) is 7.84. The predicted octanol–water partition coefficient (Wildman–Crippen LogP) is 2.88. The Labute approximate surface area is 113 Å². The first-order chi connectivity index (χ1) is 8.34. The van der Waals surface area contributed by atoms with Crippen LogP contribution in [0.25, 0.3) is 0 Å². The SMILES string of the molecule is CC1CN(C2C3(C)CCC(C3)C2(C)C)C(C)CN1. The van der Waals surface area contributed by atoms with Crippen LogP contribution in [0.3, 0.4) is 0 Å². The maximum absolute atomic E-state index is 3.63. The van der Waals surface area contributed by atoms with Crippen LogP contribution in [-0.2, 0) is 0 Å². The number of nitrogens with one attached hydrogen (secondary N) is 1. The summed E-state index contributed by atoms with van der Waals surface area (Å²) in [6.45, 7) is 14.8. The van der Waals surface area contributed by atoms with Crippen molar-refractivity contribution in [1.29, 1.82) is 0 Å². The Morgan fingerprint density at radius 1 is 1.17 bits per heavy atom. The van der Waals surface area contributed by atoms with Gasteiger partial charge in [-0.25, -0.2) is 0 Å². The molecule has 2 saturated carbocycles. The van der Waals surface area contributed by atoms with Crippen molar-refractivity contribution in [2.24, 2.45) is 16.7 Å². The fourth-order valence-corrected chi connectivity index (χ4v) is 5.51. The van der Waals surface area contributed by atoms with E-state index in [4.69, 9.17) is 0 Å². The summed E-state index contributed by atoms with van der Waals surface area (Å²) in [5.74, 6) is 0.963. The summed E-state index contributed by atoms with van der Waals surface area (Å²) in [5.41, 5.74) is 1.10. The van der Waals surface area contributed by atoms with Crippen LogP contribution in [0.5, 0.6) is 0 Å². The average Bonchev–Trinajstić information content (AvgIpc) is 2.74. The summed E-state index contributed by atoms with van der Waals surface area (Å²) in [5, 5.41) is 3.63. The lowest BCUT2D eigenvalue weighted by molar-refractivity contribution is -0.0342. The average molecular weight is 250 g/mol. The van der Waals surface area contributed by atoms with E-state index in [1.807, 2.05) is 0 Å². The Kier molecular flexibility index (Phi) is 2.84. The van der Waals surface area contributed by atoms with E-state index in [-0.39, 0.29) is 0 Å². The standard InChI is InChI=1S/C16H30N2/c1-11-10-18(12(2)9-17-11)14-15(3,4)13-6-7-16(14,5)8-13/h11-14,17H,6-10H2,1-5H3. The molecule has 3 fully saturated rings. The van der Waals surface area contributed by atoms with E-state index in [1.165, 1.54) is 25.8 Å². The van der Waals surface area contributed by atoms with Crippen LogP contribution in [0.1, 0.15) is 53.9 Å². The van der Waals surface area contributed by atoms with Gasteiger partial charge in [-0.1, -0.05) is 20.8 Å². The summed E-state index contributed by atoms with van der Waals surface area (Å²) in [6.07, 6.45) is 4.39. The number of hydrogen-bond acceptors (Lipinski definition) is 2. The number of nitrogens with zero attached hydrogens (tertiary/aromatic N) is 1. The second-order valence-corrected chi connectivity index (χ2v) is 8.17. The van der Waals surface area contributed by atoms with Gasteiger partial charge in [0.25, 0.3) is 0 Å². The van der Waals surface area contributed by atoms with Crippen LogP contribution in [0.4, 0.5) is 0 Å².